The van der Waals surface area contributed by atoms with Gasteiger partial charge in [0.25, 0.3) is 0 Å². The van der Waals surface area contributed by atoms with Crippen LogP contribution in [0.5, 0.6) is 5.75 Å². The summed E-state index contributed by atoms with van der Waals surface area (Å²) in [4.78, 5) is 34.2. The number of rotatable bonds is 7. The van der Waals surface area contributed by atoms with E-state index in [-0.39, 0.29) is 6.61 Å². The molecule has 1 aromatic carbocycles. The lowest BCUT2D eigenvalue weighted by Crippen LogP contribution is -2.45. The molecule has 0 spiro atoms. The zero-order valence-corrected chi connectivity index (χ0v) is 12.8. The van der Waals surface area contributed by atoms with Crippen molar-refractivity contribution in [1.29, 1.82) is 0 Å². The van der Waals surface area contributed by atoms with Gasteiger partial charge in [-0.1, -0.05) is 12.7 Å². The summed E-state index contributed by atoms with van der Waals surface area (Å²) in [5.41, 5.74) is 4.86. The van der Waals surface area contributed by atoms with Gasteiger partial charge in [-0.2, -0.15) is 8.78 Å². The predicted molar refractivity (Wildman–Crippen MR) is 74.1 cm³/mol. The van der Waals surface area contributed by atoms with Crippen molar-refractivity contribution in [3.8, 4) is 5.75 Å². The third-order valence-corrected chi connectivity index (χ3v) is 2.69. The summed E-state index contributed by atoms with van der Waals surface area (Å²) in [5, 5.41) is 1.79. The maximum absolute atomic E-state index is 13.5. The summed E-state index contributed by atoms with van der Waals surface area (Å²) in [6, 6.07) is -1.92. The largest absolute Gasteiger partial charge is 0.445 e. The van der Waals surface area contributed by atoms with E-state index in [9.17, 15) is 36.3 Å². The SMILES string of the molecule is C=CCOC(=O)N[C@@H](CC(N)=O)C(=O)Oc1c(F)c(F)c(F)c(F)c1F. The summed E-state index contributed by atoms with van der Waals surface area (Å²) in [7, 11) is 0. The van der Waals surface area contributed by atoms with Gasteiger partial charge in [-0.3, -0.25) is 4.79 Å². The van der Waals surface area contributed by atoms with Crippen LogP contribution in [0, 0.1) is 29.1 Å². The highest BCUT2D eigenvalue weighted by molar-refractivity contribution is 5.88. The maximum atomic E-state index is 13.5. The van der Waals surface area contributed by atoms with Crippen molar-refractivity contribution in [3.05, 3.63) is 41.7 Å². The van der Waals surface area contributed by atoms with Crippen molar-refractivity contribution in [2.24, 2.45) is 5.73 Å². The number of esters is 1. The van der Waals surface area contributed by atoms with Crippen molar-refractivity contribution in [3.63, 3.8) is 0 Å². The van der Waals surface area contributed by atoms with E-state index in [0.717, 1.165) is 6.08 Å². The standard InChI is InChI=1S/C14H11F5N2O5/c1-2-3-25-14(24)21-5(4-6(20)22)13(23)26-12-10(18)8(16)7(15)9(17)11(12)19/h2,5H,1,3-4H2,(H2,20,22)(H,21,24)/t5-/m0/s1. The second kappa shape index (κ2) is 8.78. The van der Waals surface area contributed by atoms with Crippen molar-refractivity contribution < 1.29 is 45.8 Å². The molecule has 7 nitrogen and oxygen atoms in total. The first kappa shape index (κ1) is 20.9. The Morgan fingerprint density at radius 3 is 2.00 bits per heavy atom. The Morgan fingerprint density at radius 1 is 1.04 bits per heavy atom. The molecule has 1 atom stereocenters. The molecule has 0 heterocycles. The van der Waals surface area contributed by atoms with Crippen LogP contribution in [0.25, 0.3) is 0 Å². The van der Waals surface area contributed by atoms with Crippen LogP contribution >= 0.6 is 0 Å². The zero-order valence-electron chi connectivity index (χ0n) is 12.8. The molecule has 1 aromatic rings. The molecule has 1 rings (SSSR count). The number of ether oxygens (including phenoxy) is 2. The number of nitrogens with one attached hydrogen (secondary N) is 1. The molecule has 0 saturated heterocycles. The number of benzene rings is 1. The maximum Gasteiger partial charge on any atom is 0.408 e. The lowest BCUT2D eigenvalue weighted by Gasteiger charge is -2.16. The van der Waals surface area contributed by atoms with Gasteiger partial charge in [0.05, 0.1) is 6.42 Å². The highest BCUT2D eigenvalue weighted by Gasteiger charge is 2.32. The van der Waals surface area contributed by atoms with Gasteiger partial charge < -0.3 is 20.5 Å². The third-order valence-electron chi connectivity index (χ3n) is 2.69. The lowest BCUT2D eigenvalue weighted by atomic mass is 10.2. The number of nitrogens with two attached hydrogens (primary N) is 1. The van der Waals surface area contributed by atoms with Crippen LogP contribution in [-0.4, -0.2) is 30.6 Å². The zero-order chi connectivity index (χ0) is 20.0. The van der Waals surface area contributed by atoms with E-state index < -0.39 is 65.3 Å². The second-order valence-electron chi connectivity index (χ2n) is 4.57. The summed E-state index contributed by atoms with van der Waals surface area (Å²) >= 11 is 0. The Hall–Kier alpha value is -3.18. The Labute approximate surface area is 142 Å². The normalized spacial score (nSPS) is 11.4. The van der Waals surface area contributed by atoms with Crippen molar-refractivity contribution in [1.82, 2.24) is 5.32 Å². The number of hydrogen-bond donors (Lipinski definition) is 2. The van der Waals surface area contributed by atoms with Crippen LogP contribution < -0.4 is 15.8 Å². The second-order valence-corrected chi connectivity index (χ2v) is 4.57. The van der Waals surface area contributed by atoms with Gasteiger partial charge in [-0.05, 0) is 0 Å². The minimum atomic E-state index is -2.46. The predicted octanol–water partition coefficient (Wildman–Crippen LogP) is 1.44. The molecule has 0 fully saturated rings. The first-order chi connectivity index (χ1) is 12.1. The van der Waals surface area contributed by atoms with Gasteiger partial charge in [0.15, 0.2) is 0 Å². The van der Waals surface area contributed by atoms with E-state index in [4.69, 9.17) is 5.73 Å². The third kappa shape index (κ3) is 4.91. The van der Waals surface area contributed by atoms with Crippen LogP contribution in [0.15, 0.2) is 12.7 Å². The van der Waals surface area contributed by atoms with E-state index in [2.05, 4.69) is 16.1 Å². The number of primary amides is 1. The molecule has 0 saturated carbocycles. The van der Waals surface area contributed by atoms with Crippen molar-refractivity contribution in [2.75, 3.05) is 6.61 Å². The summed E-state index contributed by atoms with van der Waals surface area (Å²) in [5.74, 6) is -16.8. The highest BCUT2D eigenvalue weighted by atomic mass is 19.2. The molecule has 26 heavy (non-hydrogen) atoms. The minimum Gasteiger partial charge on any atom is -0.445 e. The van der Waals surface area contributed by atoms with Crippen LogP contribution in [0.1, 0.15) is 6.42 Å². The number of alkyl carbamates (subject to hydrolysis) is 1. The van der Waals surface area contributed by atoms with Gasteiger partial charge in [-0.15, -0.1) is 0 Å². The fourth-order valence-electron chi connectivity index (χ4n) is 1.56. The molecule has 0 bridgehead atoms. The fraction of sp³-hybridized carbons (Fsp3) is 0.214. The smallest absolute Gasteiger partial charge is 0.408 e. The summed E-state index contributed by atoms with van der Waals surface area (Å²) < 4.78 is 74.7. The number of hydrogen-bond acceptors (Lipinski definition) is 5. The van der Waals surface area contributed by atoms with Gasteiger partial charge in [0, 0.05) is 0 Å². The van der Waals surface area contributed by atoms with Crippen LogP contribution in [0.2, 0.25) is 0 Å². The first-order valence-corrected chi connectivity index (χ1v) is 6.65. The topological polar surface area (TPSA) is 108 Å². The van der Waals surface area contributed by atoms with E-state index >= 15 is 0 Å². The van der Waals surface area contributed by atoms with Crippen molar-refractivity contribution >= 4 is 18.0 Å². The molecular formula is C14H11F5N2O5. The summed E-state index contributed by atoms with van der Waals surface area (Å²) in [6.45, 7) is 2.95. The molecule has 3 N–H and O–H groups in total. The number of amides is 2. The van der Waals surface area contributed by atoms with Crippen LogP contribution in [0.3, 0.4) is 0 Å². The average Bonchev–Trinajstić information content (AvgIpc) is 2.59. The Bertz CT molecular complexity index is 727. The van der Waals surface area contributed by atoms with Gasteiger partial charge in [0.2, 0.25) is 40.7 Å². The van der Waals surface area contributed by atoms with Gasteiger partial charge in [0.1, 0.15) is 12.6 Å². The quantitative estimate of drug-likeness (QED) is 0.185. The molecule has 12 heteroatoms. The van der Waals surface area contributed by atoms with Crippen LogP contribution in [0.4, 0.5) is 26.7 Å². The number of carbonyl (C=O) groups is 3. The van der Waals surface area contributed by atoms with Gasteiger partial charge in [-0.25, -0.2) is 22.8 Å². The number of halogens is 5. The van der Waals surface area contributed by atoms with Crippen LogP contribution in [-0.2, 0) is 14.3 Å². The molecule has 0 unspecified atom stereocenters. The van der Waals surface area contributed by atoms with E-state index in [0.29, 0.717) is 0 Å². The van der Waals surface area contributed by atoms with E-state index in [1.54, 1.807) is 5.32 Å². The van der Waals surface area contributed by atoms with E-state index in [1.165, 1.54) is 0 Å². The van der Waals surface area contributed by atoms with E-state index in [1.807, 2.05) is 0 Å². The number of carbonyl (C=O) groups excluding carboxylic acids is 3. The molecule has 0 radical (unpaired) electrons. The molecule has 142 valence electrons. The Kier molecular flexibility index (Phi) is 7.05. The molecule has 0 aliphatic heterocycles. The monoisotopic (exact) mass is 382 g/mol. The van der Waals surface area contributed by atoms with Crippen molar-refractivity contribution in [2.45, 2.75) is 12.5 Å². The molecule has 0 aromatic heterocycles. The first-order valence-electron chi connectivity index (χ1n) is 6.65. The molecule has 0 aliphatic rings. The average molecular weight is 382 g/mol. The highest BCUT2D eigenvalue weighted by Crippen LogP contribution is 2.29. The summed E-state index contributed by atoms with van der Waals surface area (Å²) in [6.07, 6.45) is -1.00. The molecule has 0 aliphatic carbocycles. The Morgan fingerprint density at radius 2 is 1.54 bits per heavy atom. The minimum absolute atomic E-state index is 0.290. The fourth-order valence-corrected chi connectivity index (χ4v) is 1.56. The van der Waals surface area contributed by atoms with Gasteiger partial charge >= 0.3 is 12.1 Å². The molecular weight excluding hydrogens is 371 g/mol. The molecule has 2 amide bonds. The lowest BCUT2D eigenvalue weighted by molar-refractivity contribution is -0.139. The Balaban J connectivity index is 3.08.